The molecule has 1 amide bonds. The van der Waals surface area contributed by atoms with Crippen molar-refractivity contribution in [3.63, 3.8) is 0 Å². The van der Waals surface area contributed by atoms with Gasteiger partial charge in [-0.2, -0.15) is 9.50 Å². The Bertz CT molecular complexity index is 1060. The van der Waals surface area contributed by atoms with Gasteiger partial charge in [0.15, 0.2) is 5.82 Å². The Morgan fingerprint density at radius 2 is 2.00 bits per heavy atom. The molecule has 3 rings (SSSR count). The number of allylic oxidation sites excluding steroid dienone is 1. The number of nitrogens with one attached hydrogen (secondary N) is 1. The molecule has 2 aromatic heterocycles. The SMILES string of the molecule is C=CCn1c(C)c(CCC(=O)NC(C)C)c(=O)n2nc(-c3ccccc3)nc12. The first-order valence-corrected chi connectivity index (χ1v) is 9.37. The smallest absolute Gasteiger partial charge is 0.279 e. The van der Waals surface area contributed by atoms with Crippen LogP contribution in [0.5, 0.6) is 0 Å². The van der Waals surface area contributed by atoms with Gasteiger partial charge in [0, 0.05) is 35.8 Å². The zero-order valence-corrected chi connectivity index (χ0v) is 16.5. The summed E-state index contributed by atoms with van der Waals surface area (Å²) in [5, 5.41) is 7.30. The van der Waals surface area contributed by atoms with Gasteiger partial charge in [-0.05, 0) is 27.2 Å². The van der Waals surface area contributed by atoms with Gasteiger partial charge in [-0.15, -0.1) is 11.7 Å². The molecular weight excluding hydrogens is 354 g/mol. The molecule has 0 aliphatic carbocycles. The molecular formula is C21H25N5O2. The highest BCUT2D eigenvalue weighted by Gasteiger charge is 2.19. The number of hydrogen-bond donors (Lipinski definition) is 1. The number of carbonyl (C=O) groups is 1. The van der Waals surface area contributed by atoms with E-state index in [1.165, 1.54) is 4.52 Å². The Morgan fingerprint density at radius 1 is 1.29 bits per heavy atom. The second kappa shape index (κ2) is 8.21. The number of hydrogen-bond acceptors (Lipinski definition) is 4. The molecule has 0 aliphatic heterocycles. The number of benzene rings is 1. The van der Waals surface area contributed by atoms with E-state index in [0.717, 1.165) is 11.3 Å². The van der Waals surface area contributed by atoms with Crippen LogP contribution in [0.25, 0.3) is 17.2 Å². The standard InChI is InChI=1S/C21H25N5O2/c1-5-13-25-15(4)17(11-12-18(27)22-14(2)3)20(28)26-21(25)23-19(24-26)16-9-7-6-8-10-16/h5-10,14H,1,11-13H2,2-4H3,(H,22,27). The van der Waals surface area contributed by atoms with E-state index in [9.17, 15) is 9.59 Å². The Hall–Kier alpha value is -3.22. The van der Waals surface area contributed by atoms with E-state index in [0.29, 0.717) is 30.1 Å². The number of nitrogens with zero attached hydrogens (tertiary/aromatic N) is 4. The molecule has 0 bridgehead atoms. The number of rotatable bonds is 7. The summed E-state index contributed by atoms with van der Waals surface area (Å²) in [6, 6.07) is 9.60. The van der Waals surface area contributed by atoms with Gasteiger partial charge >= 0.3 is 0 Å². The van der Waals surface area contributed by atoms with Crippen LogP contribution in [0.1, 0.15) is 31.5 Å². The molecule has 0 spiro atoms. The van der Waals surface area contributed by atoms with E-state index < -0.39 is 0 Å². The highest BCUT2D eigenvalue weighted by atomic mass is 16.1. The molecule has 0 saturated carbocycles. The second-order valence-electron chi connectivity index (χ2n) is 7.00. The molecule has 146 valence electrons. The predicted octanol–water partition coefficient (Wildman–Crippen LogP) is 2.51. The fourth-order valence-electron chi connectivity index (χ4n) is 3.19. The first-order chi connectivity index (χ1) is 13.4. The van der Waals surface area contributed by atoms with Gasteiger partial charge < -0.3 is 9.88 Å². The van der Waals surface area contributed by atoms with Crippen molar-refractivity contribution in [3.05, 3.63) is 64.6 Å². The van der Waals surface area contributed by atoms with Crippen LogP contribution in [-0.2, 0) is 17.8 Å². The maximum absolute atomic E-state index is 13.1. The first-order valence-electron chi connectivity index (χ1n) is 9.37. The van der Waals surface area contributed by atoms with Crippen molar-refractivity contribution in [3.8, 4) is 11.4 Å². The van der Waals surface area contributed by atoms with Crippen molar-refractivity contribution in [2.24, 2.45) is 0 Å². The monoisotopic (exact) mass is 379 g/mol. The van der Waals surface area contributed by atoms with Crippen molar-refractivity contribution < 1.29 is 4.79 Å². The van der Waals surface area contributed by atoms with Crippen LogP contribution < -0.4 is 10.9 Å². The predicted molar refractivity (Wildman–Crippen MR) is 109 cm³/mol. The maximum atomic E-state index is 13.1. The highest BCUT2D eigenvalue weighted by Crippen LogP contribution is 2.17. The van der Waals surface area contributed by atoms with Gasteiger partial charge in [0.05, 0.1) is 0 Å². The number of fused-ring (bicyclic) bond motifs is 1. The molecule has 3 aromatic rings. The summed E-state index contributed by atoms with van der Waals surface area (Å²) >= 11 is 0. The molecule has 0 saturated heterocycles. The van der Waals surface area contributed by atoms with Crippen LogP contribution in [0.15, 0.2) is 47.8 Å². The van der Waals surface area contributed by atoms with Crippen LogP contribution in [0.4, 0.5) is 0 Å². The molecule has 28 heavy (non-hydrogen) atoms. The molecule has 2 heterocycles. The maximum Gasteiger partial charge on any atom is 0.279 e. The van der Waals surface area contributed by atoms with Gasteiger partial charge in [-0.25, -0.2) is 0 Å². The Kier molecular flexibility index (Phi) is 5.73. The largest absolute Gasteiger partial charge is 0.354 e. The topological polar surface area (TPSA) is 81.3 Å². The normalized spacial score (nSPS) is 11.1. The van der Waals surface area contributed by atoms with Crippen molar-refractivity contribution in [2.45, 2.75) is 46.2 Å². The van der Waals surface area contributed by atoms with E-state index >= 15 is 0 Å². The molecule has 1 aromatic carbocycles. The molecule has 1 N–H and O–H groups in total. The molecule has 0 unspecified atom stereocenters. The molecule has 0 radical (unpaired) electrons. The van der Waals surface area contributed by atoms with Crippen molar-refractivity contribution in [1.29, 1.82) is 0 Å². The Morgan fingerprint density at radius 3 is 2.64 bits per heavy atom. The second-order valence-corrected chi connectivity index (χ2v) is 7.00. The minimum Gasteiger partial charge on any atom is -0.354 e. The summed E-state index contributed by atoms with van der Waals surface area (Å²) in [7, 11) is 0. The third-order valence-corrected chi connectivity index (χ3v) is 4.52. The lowest BCUT2D eigenvalue weighted by Gasteiger charge is -2.14. The van der Waals surface area contributed by atoms with Gasteiger partial charge in [-0.3, -0.25) is 9.59 Å². The summed E-state index contributed by atoms with van der Waals surface area (Å²) in [5.74, 6) is 0.883. The number of carbonyl (C=O) groups excluding carboxylic acids is 1. The zero-order valence-electron chi connectivity index (χ0n) is 16.5. The number of amides is 1. The number of aromatic nitrogens is 4. The summed E-state index contributed by atoms with van der Waals surface area (Å²) in [4.78, 5) is 29.7. The van der Waals surface area contributed by atoms with E-state index in [4.69, 9.17) is 0 Å². The lowest BCUT2D eigenvalue weighted by Crippen LogP contribution is -2.32. The Balaban J connectivity index is 2.08. The molecule has 7 nitrogen and oxygen atoms in total. The molecule has 0 fully saturated rings. The van der Waals surface area contributed by atoms with E-state index in [-0.39, 0.29) is 23.9 Å². The van der Waals surface area contributed by atoms with Gasteiger partial charge in [0.2, 0.25) is 11.7 Å². The van der Waals surface area contributed by atoms with E-state index in [2.05, 4.69) is 22.0 Å². The Labute approximate surface area is 163 Å². The molecule has 0 atom stereocenters. The van der Waals surface area contributed by atoms with Gasteiger partial charge in [-0.1, -0.05) is 36.4 Å². The van der Waals surface area contributed by atoms with Crippen LogP contribution >= 0.6 is 0 Å². The summed E-state index contributed by atoms with van der Waals surface area (Å²) in [6.45, 7) is 9.99. The van der Waals surface area contributed by atoms with Crippen molar-refractivity contribution in [2.75, 3.05) is 0 Å². The van der Waals surface area contributed by atoms with E-state index in [1.807, 2.05) is 55.7 Å². The lowest BCUT2D eigenvalue weighted by atomic mass is 10.1. The average molecular weight is 379 g/mol. The molecule has 0 aliphatic rings. The fourth-order valence-corrected chi connectivity index (χ4v) is 3.19. The minimum absolute atomic E-state index is 0.0669. The summed E-state index contributed by atoms with van der Waals surface area (Å²) in [6.07, 6.45) is 2.34. The molecule has 7 heteroatoms. The zero-order chi connectivity index (χ0) is 20.3. The minimum atomic E-state index is -0.236. The van der Waals surface area contributed by atoms with E-state index in [1.54, 1.807) is 6.08 Å². The van der Waals surface area contributed by atoms with Gasteiger partial charge in [0.1, 0.15) is 0 Å². The summed E-state index contributed by atoms with van der Waals surface area (Å²) in [5.41, 5.74) is 1.95. The van der Waals surface area contributed by atoms with Crippen LogP contribution in [0.3, 0.4) is 0 Å². The van der Waals surface area contributed by atoms with Crippen LogP contribution in [-0.4, -0.2) is 31.1 Å². The first kappa shape index (κ1) is 19.5. The fraction of sp³-hybridized carbons (Fsp3) is 0.333. The van der Waals surface area contributed by atoms with Crippen LogP contribution in [0.2, 0.25) is 0 Å². The van der Waals surface area contributed by atoms with Crippen molar-refractivity contribution >= 4 is 11.7 Å². The van der Waals surface area contributed by atoms with Gasteiger partial charge in [0.25, 0.3) is 5.56 Å². The third-order valence-electron chi connectivity index (χ3n) is 4.52. The quantitative estimate of drug-likeness (QED) is 0.640. The third kappa shape index (κ3) is 3.88. The van der Waals surface area contributed by atoms with Crippen molar-refractivity contribution in [1.82, 2.24) is 24.5 Å². The lowest BCUT2D eigenvalue weighted by molar-refractivity contribution is -0.121. The summed E-state index contributed by atoms with van der Waals surface area (Å²) < 4.78 is 3.23. The average Bonchev–Trinajstić information content (AvgIpc) is 3.11. The van der Waals surface area contributed by atoms with Crippen LogP contribution in [0, 0.1) is 6.92 Å². The highest BCUT2D eigenvalue weighted by molar-refractivity contribution is 5.76.